The van der Waals surface area contributed by atoms with E-state index in [0.717, 1.165) is 71.0 Å². The molecule has 0 radical (unpaired) electrons. The SMILES string of the molecule is OC[C@H]1C[C@@H]1[C@H]1C[C@H]1[C@@H]1C[C@H]1[C@@H]1C[C@H]1[C@@H]1C[C@H]1[C@@H]1C[C@@H]1[C@H]1C[C@@H]1CO. The average Bonchev–Trinajstić information content (AvgIpc) is 3.47. The topological polar surface area (TPSA) is 40.5 Å². The molecule has 2 heteroatoms. The summed E-state index contributed by atoms with van der Waals surface area (Å²) in [7, 11) is 0. The van der Waals surface area contributed by atoms with Crippen LogP contribution in [0.4, 0.5) is 0 Å². The Labute approximate surface area is 151 Å². The zero-order chi connectivity index (χ0) is 16.4. The third-order valence-corrected chi connectivity index (χ3v) is 10.2. The van der Waals surface area contributed by atoms with Gasteiger partial charge in [-0.3, -0.25) is 0 Å². The third-order valence-electron chi connectivity index (χ3n) is 10.2. The van der Waals surface area contributed by atoms with Crippen molar-refractivity contribution in [1.29, 1.82) is 0 Å². The molecular formula is C23H34O2. The first-order chi connectivity index (χ1) is 12.3. The molecule has 25 heavy (non-hydrogen) atoms. The number of aliphatic hydroxyl groups excluding tert-OH is 2. The van der Waals surface area contributed by atoms with E-state index in [1.54, 1.807) is 19.3 Å². The lowest BCUT2D eigenvalue weighted by Gasteiger charge is -2.01. The minimum absolute atomic E-state index is 0.456. The van der Waals surface area contributed by atoms with Crippen LogP contribution in [0.25, 0.3) is 0 Å². The highest BCUT2D eigenvalue weighted by molar-refractivity contribution is 5.17. The Balaban J connectivity index is 0.877. The van der Waals surface area contributed by atoms with Crippen molar-refractivity contribution in [3.63, 3.8) is 0 Å². The van der Waals surface area contributed by atoms with E-state index in [9.17, 15) is 10.2 Å². The van der Waals surface area contributed by atoms with Gasteiger partial charge in [0.1, 0.15) is 0 Å². The van der Waals surface area contributed by atoms with Gasteiger partial charge in [0, 0.05) is 13.2 Å². The molecule has 138 valence electrons. The van der Waals surface area contributed by atoms with Crippen LogP contribution in [0.1, 0.15) is 44.9 Å². The van der Waals surface area contributed by atoms with Gasteiger partial charge in [0.25, 0.3) is 0 Å². The monoisotopic (exact) mass is 342 g/mol. The van der Waals surface area contributed by atoms with Gasteiger partial charge in [-0.05, 0) is 128 Å². The van der Waals surface area contributed by atoms with Crippen LogP contribution >= 0.6 is 0 Å². The first kappa shape index (κ1) is 14.9. The lowest BCUT2D eigenvalue weighted by molar-refractivity contribution is 0.264. The number of hydrogen-bond donors (Lipinski definition) is 2. The van der Waals surface area contributed by atoms with Crippen LogP contribution in [0, 0.1) is 82.9 Å². The zero-order valence-electron chi connectivity index (χ0n) is 15.3. The standard InChI is InChI=1S/C23H34O2/c24-8-10-1-12(10)14-3-16(14)18-5-20(18)22-7-23(22)21-6-19(21)17-4-15(17)13-2-11(13)9-25/h10-25H,1-9H2/t10-,11-,12+,13+,14-,15-,16-,17-,18+,19+,20-,21-,22+,23+/m1/s1. The highest BCUT2D eigenvalue weighted by Gasteiger charge is 2.68. The molecule has 0 spiro atoms. The van der Waals surface area contributed by atoms with Crippen molar-refractivity contribution in [2.24, 2.45) is 82.9 Å². The Kier molecular flexibility index (Phi) is 2.89. The van der Waals surface area contributed by atoms with Crippen molar-refractivity contribution in [1.82, 2.24) is 0 Å². The Morgan fingerprint density at radius 2 is 0.600 bits per heavy atom. The molecule has 2 N–H and O–H groups in total. The van der Waals surface area contributed by atoms with E-state index in [4.69, 9.17) is 0 Å². The fourth-order valence-electron chi connectivity index (χ4n) is 8.11. The van der Waals surface area contributed by atoms with Gasteiger partial charge in [-0.15, -0.1) is 0 Å². The van der Waals surface area contributed by atoms with Gasteiger partial charge in [-0.1, -0.05) is 0 Å². The summed E-state index contributed by atoms with van der Waals surface area (Å²) >= 11 is 0. The first-order valence-corrected chi connectivity index (χ1v) is 11.5. The molecule has 7 aliphatic carbocycles. The molecule has 7 aliphatic rings. The molecule has 7 fully saturated rings. The van der Waals surface area contributed by atoms with Crippen LogP contribution < -0.4 is 0 Å². The van der Waals surface area contributed by atoms with E-state index < -0.39 is 0 Å². The van der Waals surface area contributed by atoms with E-state index in [1.165, 1.54) is 25.7 Å². The maximum absolute atomic E-state index is 9.29. The Bertz CT molecular complexity index is 539. The second-order valence-corrected chi connectivity index (χ2v) is 11.5. The number of aliphatic hydroxyl groups is 2. The molecule has 14 atom stereocenters. The molecule has 0 heterocycles. The smallest absolute Gasteiger partial charge is 0.0462 e. The Hall–Kier alpha value is -0.0800. The molecule has 0 unspecified atom stereocenters. The zero-order valence-corrected chi connectivity index (χ0v) is 15.3. The summed E-state index contributed by atoms with van der Waals surface area (Å²) < 4.78 is 0. The van der Waals surface area contributed by atoms with Crippen LogP contribution in [0.2, 0.25) is 0 Å². The third kappa shape index (κ3) is 2.35. The van der Waals surface area contributed by atoms with E-state index in [2.05, 4.69) is 0 Å². The second kappa shape index (κ2) is 4.85. The highest BCUT2D eigenvalue weighted by atomic mass is 16.3. The average molecular weight is 343 g/mol. The minimum Gasteiger partial charge on any atom is -0.396 e. The molecule has 0 amide bonds. The van der Waals surface area contributed by atoms with Crippen molar-refractivity contribution in [2.75, 3.05) is 13.2 Å². The number of rotatable bonds is 8. The molecule has 2 nitrogen and oxygen atoms in total. The summed E-state index contributed by atoms with van der Waals surface area (Å²) in [6.07, 6.45) is 10.4. The summed E-state index contributed by atoms with van der Waals surface area (Å²) in [5, 5.41) is 18.6. The van der Waals surface area contributed by atoms with Crippen molar-refractivity contribution in [3.05, 3.63) is 0 Å². The summed E-state index contributed by atoms with van der Waals surface area (Å²) in [5.74, 6) is 14.2. The fourth-order valence-corrected chi connectivity index (χ4v) is 8.11. The van der Waals surface area contributed by atoms with Gasteiger partial charge in [0.2, 0.25) is 0 Å². The summed E-state index contributed by atoms with van der Waals surface area (Å²) in [6.45, 7) is 0.912. The molecule has 0 aromatic rings. The lowest BCUT2D eigenvalue weighted by Crippen LogP contribution is -1.98. The van der Waals surface area contributed by atoms with Crippen LogP contribution in [-0.4, -0.2) is 23.4 Å². The molecule has 0 aromatic heterocycles. The van der Waals surface area contributed by atoms with Crippen molar-refractivity contribution in [3.8, 4) is 0 Å². The van der Waals surface area contributed by atoms with Crippen LogP contribution in [0.15, 0.2) is 0 Å². The summed E-state index contributed by atoms with van der Waals surface area (Å²) in [4.78, 5) is 0. The van der Waals surface area contributed by atoms with Crippen LogP contribution in [0.3, 0.4) is 0 Å². The van der Waals surface area contributed by atoms with E-state index in [0.29, 0.717) is 25.0 Å². The van der Waals surface area contributed by atoms with Crippen LogP contribution in [-0.2, 0) is 0 Å². The molecule has 0 aromatic carbocycles. The molecule has 0 bridgehead atoms. The highest BCUT2D eigenvalue weighted by Crippen LogP contribution is 2.75. The Morgan fingerprint density at radius 3 is 0.800 bits per heavy atom. The van der Waals surface area contributed by atoms with E-state index in [1.807, 2.05) is 0 Å². The molecule has 0 saturated heterocycles. The lowest BCUT2D eigenvalue weighted by atomic mass is 10.0. The normalized spacial score (nSPS) is 68.4. The second-order valence-electron chi connectivity index (χ2n) is 11.5. The maximum Gasteiger partial charge on any atom is 0.0462 e. The van der Waals surface area contributed by atoms with E-state index in [-0.39, 0.29) is 0 Å². The fraction of sp³-hybridized carbons (Fsp3) is 1.00. The quantitative estimate of drug-likeness (QED) is 0.709. The predicted octanol–water partition coefficient (Wildman–Crippen LogP) is 3.42. The molecule has 0 aliphatic heterocycles. The molecule has 7 saturated carbocycles. The minimum atomic E-state index is 0.456. The van der Waals surface area contributed by atoms with Gasteiger partial charge in [-0.25, -0.2) is 0 Å². The van der Waals surface area contributed by atoms with Gasteiger partial charge >= 0.3 is 0 Å². The molecule has 7 rings (SSSR count). The van der Waals surface area contributed by atoms with Crippen molar-refractivity contribution in [2.45, 2.75) is 44.9 Å². The molecular weight excluding hydrogens is 308 g/mol. The maximum atomic E-state index is 9.29. The van der Waals surface area contributed by atoms with Crippen LogP contribution in [0.5, 0.6) is 0 Å². The number of hydrogen-bond acceptors (Lipinski definition) is 2. The van der Waals surface area contributed by atoms with Crippen molar-refractivity contribution < 1.29 is 10.2 Å². The predicted molar refractivity (Wildman–Crippen MR) is 95.4 cm³/mol. The Morgan fingerprint density at radius 1 is 0.360 bits per heavy atom. The van der Waals surface area contributed by atoms with Gasteiger partial charge in [-0.2, -0.15) is 0 Å². The van der Waals surface area contributed by atoms with Gasteiger partial charge in [0.05, 0.1) is 0 Å². The largest absolute Gasteiger partial charge is 0.396 e. The summed E-state index contributed by atoms with van der Waals surface area (Å²) in [5.41, 5.74) is 0. The summed E-state index contributed by atoms with van der Waals surface area (Å²) in [6, 6.07) is 0. The van der Waals surface area contributed by atoms with Gasteiger partial charge < -0.3 is 10.2 Å². The first-order valence-electron chi connectivity index (χ1n) is 11.5. The van der Waals surface area contributed by atoms with Gasteiger partial charge in [0.15, 0.2) is 0 Å². The van der Waals surface area contributed by atoms with Crippen molar-refractivity contribution >= 4 is 0 Å². The van der Waals surface area contributed by atoms with E-state index >= 15 is 0 Å².